The van der Waals surface area contributed by atoms with Crippen LogP contribution < -0.4 is 0 Å². The lowest BCUT2D eigenvalue weighted by Crippen LogP contribution is -2.52. The molecular formula is C16H21N3O3S. The number of piperazine rings is 1. The van der Waals surface area contributed by atoms with Gasteiger partial charge in [-0.25, -0.2) is 4.98 Å². The van der Waals surface area contributed by atoms with Gasteiger partial charge >= 0.3 is 0 Å². The van der Waals surface area contributed by atoms with Crippen molar-refractivity contribution in [3.05, 3.63) is 23.9 Å². The van der Waals surface area contributed by atoms with Gasteiger partial charge in [-0.3, -0.25) is 9.59 Å². The molecule has 0 bridgehead atoms. The lowest BCUT2D eigenvalue weighted by molar-refractivity contribution is -0.142. The van der Waals surface area contributed by atoms with Crippen LogP contribution in [0.2, 0.25) is 0 Å². The van der Waals surface area contributed by atoms with Crippen molar-refractivity contribution in [3.8, 4) is 0 Å². The van der Waals surface area contributed by atoms with Crippen LogP contribution in [0.3, 0.4) is 0 Å². The summed E-state index contributed by atoms with van der Waals surface area (Å²) in [5, 5.41) is 0.746. The Hall–Kier alpha value is -1.60. The first-order valence-electron chi connectivity index (χ1n) is 7.89. The molecule has 1 atom stereocenters. The second-order valence-corrected chi connectivity index (χ2v) is 6.47. The van der Waals surface area contributed by atoms with Crippen molar-refractivity contribution in [3.63, 3.8) is 0 Å². The van der Waals surface area contributed by atoms with Crippen LogP contribution in [-0.2, 0) is 9.53 Å². The molecule has 0 aromatic carbocycles. The summed E-state index contributed by atoms with van der Waals surface area (Å²) in [6, 6.07) is 3.59. The highest BCUT2D eigenvalue weighted by atomic mass is 32.2. The molecule has 1 aromatic rings. The predicted octanol–water partition coefficient (Wildman–Crippen LogP) is 1.27. The van der Waals surface area contributed by atoms with E-state index in [2.05, 4.69) is 4.98 Å². The van der Waals surface area contributed by atoms with Gasteiger partial charge in [-0.1, -0.05) is 0 Å². The Kier molecular flexibility index (Phi) is 5.17. The molecule has 3 rings (SSSR count). The van der Waals surface area contributed by atoms with Crippen LogP contribution in [0.25, 0.3) is 0 Å². The third-order valence-corrected chi connectivity index (χ3v) is 4.99. The molecule has 0 N–H and O–H groups in total. The van der Waals surface area contributed by atoms with Crippen molar-refractivity contribution in [2.45, 2.75) is 24.0 Å². The summed E-state index contributed by atoms with van der Waals surface area (Å²) < 4.78 is 5.46. The fourth-order valence-electron chi connectivity index (χ4n) is 2.99. The van der Waals surface area contributed by atoms with E-state index in [0.29, 0.717) is 38.3 Å². The normalized spacial score (nSPS) is 21.5. The van der Waals surface area contributed by atoms with Gasteiger partial charge in [0, 0.05) is 39.0 Å². The minimum Gasteiger partial charge on any atom is -0.368 e. The molecule has 7 heteroatoms. The number of rotatable bonds is 3. The van der Waals surface area contributed by atoms with Crippen molar-refractivity contribution >= 4 is 23.6 Å². The van der Waals surface area contributed by atoms with Crippen LogP contribution in [0.1, 0.15) is 23.2 Å². The maximum absolute atomic E-state index is 12.7. The first kappa shape index (κ1) is 16.3. The van der Waals surface area contributed by atoms with Gasteiger partial charge in [-0.15, -0.1) is 11.8 Å². The zero-order chi connectivity index (χ0) is 16.2. The molecule has 0 radical (unpaired) electrons. The second kappa shape index (κ2) is 7.31. The lowest BCUT2D eigenvalue weighted by atomic mass is 10.2. The van der Waals surface area contributed by atoms with E-state index in [4.69, 9.17) is 4.74 Å². The van der Waals surface area contributed by atoms with Crippen LogP contribution in [0, 0.1) is 0 Å². The molecule has 3 heterocycles. The number of nitrogens with zero attached hydrogens (tertiary/aromatic N) is 3. The molecule has 1 aromatic heterocycles. The molecule has 2 saturated heterocycles. The highest BCUT2D eigenvalue weighted by molar-refractivity contribution is 7.98. The minimum absolute atomic E-state index is 0.00772. The Morgan fingerprint density at radius 2 is 2.00 bits per heavy atom. The Morgan fingerprint density at radius 3 is 2.65 bits per heavy atom. The van der Waals surface area contributed by atoms with Crippen LogP contribution in [-0.4, -0.2) is 71.7 Å². The third kappa shape index (κ3) is 3.50. The van der Waals surface area contributed by atoms with Gasteiger partial charge in [0.2, 0.25) is 0 Å². The van der Waals surface area contributed by atoms with E-state index in [1.54, 1.807) is 17.2 Å². The van der Waals surface area contributed by atoms with Crippen LogP contribution >= 0.6 is 11.8 Å². The van der Waals surface area contributed by atoms with Gasteiger partial charge in [-0.05, 0) is 31.2 Å². The highest BCUT2D eigenvalue weighted by Gasteiger charge is 2.31. The van der Waals surface area contributed by atoms with E-state index < -0.39 is 0 Å². The van der Waals surface area contributed by atoms with Crippen LogP contribution in [0.4, 0.5) is 0 Å². The average molecular weight is 335 g/mol. The number of thioether (sulfide) groups is 1. The van der Waals surface area contributed by atoms with Crippen molar-refractivity contribution in [2.75, 3.05) is 39.0 Å². The standard InChI is InChI=1S/C16H21N3O3S/c1-23-14-12(4-2-6-17-14)15(20)18-7-9-19(10-8-18)16(21)13-5-3-11-22-13/h2,4,6,13H,3,5,7-11H2,1H3/t13-/m0/s1. The lowest BCUT2D eigenvalue weighted by Gasteiger charge is -2.35. The molecular weight excluding hydrogens is 314 g/mol. The summed E-state index contributed by atoms with van der Waals surface area (Å²) >= 11 is 1.47. The molecule has 2 aliphatic rings. The van der Waals surface area contributed by atoms with E-state index in [0.717, 1.165) is 17.9 Å². The number of aromatic nitrogens is 1. The van der Waals surface area contributed by atoms with Gasteiger partial charge in [-0.2, -0.15) is 0 Å². The van der Waals surface area contributed by atoms with Crippen molar-refractivity contribution in [2.24, 2.45) is 0 Å². The van der Waals surface area contributed by atoms with Gasteiger partial charge in [0.15, 0.2) is 0 Å². The summed E-state index contributed by atoms with van der Waals surface area (Å²) in [6.07, 6.45) is 5.09. The van der Waals surface area contributed by atoms with Gasteiger partial charge < -0.3 is 14.5 Å². The number of carbonyl (C=O) groups is 2. The quantitative estimate of drug-likeness (QED) is 0.779. The first-order chi connectivity index (χ1) is 11.2. The van der Waals surface area contributed by atoms with Crippen molar-refractivity contribution in [1.82, 2.24) is 14.8 Å². The van der Waals surface area contributed by atoms with Gasteiger partial charge in [0.05, 0.1) is 5.56 Å². The summed E-state index contributed by atoms with van der Waals surface area (Å²) in [5.41, 5.74) is 0.638. The van der Waals surface area contributed by atoms with E-state index in [9.17, 15) is 9.59 Å². The van der Waals surface area contributed by atoms with Gasteiger partial charge in [0.1, 0.15) is 11.1 Å². The smallest absolute Gasteiger partial charge is 0.256 e. The summed E-state index contributed by atoms with van der Waals surface area (Å²) in [6.45, 7) is 2.92. The summed E-state index contributed by atoms with van der Waals surface area (Å²) in [5.74, 6) is 0.0624. The van der Waals surface area contributed by atoms with Crippen molar-refractivity contribution < 1.29 is 14.3 Å². The van der Waals surface area contributed by atoms with E-state index in [-0.39, 0.29) is 17.9 Å². The topological polar surface area (TPSA) is 62.7 Å². The number of pyridine rings is 1. The molecule has 124 valence electrons. The highest BCUT2D eigenvalue weighted by Crippen LogP contribution is 2.20. The summed E-state index contributed by atoms with van der Waals surface area (Å²) in [4.78, 5) is 32.9. The summed E-state index contributed by atoms with van der Waals surface area (Å²) in [7, 11) is 0. The molecule has 2 fully saturated rings. The minimum atomic E-state index is -0.279. The SMILES string of the molecule is CSc1ncccc1C(=O)N1CCN(C(=O)[C@@H]2CCCO2)CC1. The average Bonchev–Trinajstić information content (AvgIpc) is 3.15. The van der Waals surface area contributed by atoms with E-state index in [1.165, 1.54) is 11.8 Å². The fourth-order valence-corrected chi connectivity index (χ4v) is 3.53. The Balaban J connectivity index is 1.60. The molecule has 0 spiro atoms. The van der Waals surface area contributed by atoms with E-state index in [1.807, 2.05) is 17.2 Å². The molecule has 0 unspecified atom stereocenters. The molecule has 23 heavy (non-hydrogen) atoms. The number of amides is 2. The van der Waals surface area contributed by atoms with Gasteiger partial charge in [0.25, 0.3) is 11.8 Å². The molecule has 2 amide bonds. The predicted molar refractivity (Wildman–Crippen MR) is 87.5 cm³/mol. The maximum Gasteiger partial charge on any atom is 0.256 e. The Labute approximate surface area is 140 Å². The largest absolute Gasteiger partial charge is 0.368 e. The Bertz CT molecular complexity index is 582. The molecule has 0 saturated carbocycles. The molecule has 0 aliphatic carbocycles. The third-order valence-electron chi connectivity index (χ3n) is 4.28. The second-order valence-electron chi connectivity index (χ2n) is 5.68. The molecule has 2 aliphatic heterocycles. The zero-order valence-corrected chi connectivity index (χ0v) is 14.1. The number of hydrogen-bond acceptors (Lipinski definition) is 5. The maximum atomic E-state index is 12.7. The number of carbonyl (C=O) groups excluding carboxylic acids is 2. The zero-order valence-electron chi connectivity index (χ0n) is 13.2. The van der Waals surface area contributed by atoms with E-state index >= 15 is 0 Å². The van der Waals surface area contributed by atoms with Crippen LogP contribution in [0.15, 0.2) is 23.4 Å². The molecule has 6 nitrogen and oxygen atoms in total. The number of ether oxygens (including phenoxy) is 1. The fraction of sp³-hybridized carbons (Fsp3) is 0.562. The first-order valence-corrected chi connectivity index (χ1v) is 9.12. The Morgan fingerprint density at radius 1 is 1.26 bits per heavy atom. The number of hydrogen-bond donors (Lipinski definition) is 0. The van der Waals surface area contributed by atoms with Crippen LogP contribution in [0.5, 0.6) is 0 Å². The van der Waals surface area contributed by atoms with Crippen molar-refractivity contribution in [1.29, 1.82) is 0 Å². The monoisotopic (exact) mass is 335 g/mol.